The summed E-state index contributed by atoms with van der Waals surface area (Å²) < 4.78 is 48.4. The van der Waals surface area contributed by atoms with Gasteiger partial charge in [-0.2, -0.15) is 13.2 Å². The molecule has 0 aromatic carbocycles. The molecule has 0 amide bonds. The van der Waals surface area contributed by atoms with E-state index in [0.717, 1.165) is 6.08 Å². The second-order valence-electron chi connectivity index (χ2n) is 4.34. The molecular weight excluding hydrogens is 293 g/mol. The van der Waals surface area contributed by atoms with Crippen LogP contribution in [0.1, 0.15) is 13.8 Å². The zero-order valence-corrected chi connectivity index (χ0v) is 11.5. The van der Waals surface area contributed by atoms with Crippen molar-refractivity contribution in [2.75, 3.05) is 13.2 Å². The molecular formula is C13H15F3O5. The Bertz CT molecular complexity index is 455. The van der Waals surface area contributed by atoms with Crippen molar-refractivity contribution in [1.82, 2.24) is 0 Å². The fourth-order valence-corrected chi connectivity index (χ4v) is 2.16. The molecule has 0 aromatic heterocycles. The lowest BCUT2D eigenvalue weighted by atomic mass is 9.74. The van der Waals surface area contributed by atoms with E-state index >= 15 is 0 Å². The highest BCUT2D eigenvalue weighted by molar-refractivity contribution is 5.99. The number of hydrogen-bond donors (Lipinski definition) is 0. The second-order valence-corrected chi connectivity index (χ2v) is 4.34. The zero-order chi connectivity index (χ0) is 16.2. The van der Waals surface area contributed by atoms with E-state index in [0.29, 0.717) is 6.08 Å². The SMILES string of the molecule is CCOC(=O)C1C=CC(=O)C(C(F)(F)F)C1C(=O)OCC. The van der Waals surface area contributed by atoms with Crippen molar-refractivity contribution in [3.05, 3.63) is 12.2 Å². The molecule has 0 bridgehead atoms. The highest BCUT2D eigenvalue weighted by Crippen LogP contribution is 2.40. The molecule has 8 heteroatoms. The molecule has 0 saturated heterocycles. The third-order valence-corrected chi connectivity index (χ3v) is 2.99. The lowest BCUT2D eigenvalue weighted by Crippen LogP contribution is -2.48. The minimum atomic E-state index is -4.95. The maximum absolute atomic E-state index is 13.1. The second kappa shape index (κ2) is 6.73. The topological polar surface area (TPSA) is 69.7 Å². The van der Waals surface area contributed by atoms with Crippen LogP contribution >= 0.6 is 0 Å². The van der Waals surface area contributed by atoms with Crippen LogP contribution in [-0.2, 0) is 23.9 Å². The Kier molecular flexibility index (Phi) is 5.51. The summed E-state index contributed by atoms with van der Waals surface area (Å²) in [7, 11) is 0. The van der Waals surface area contributed by atoms with Gasteiger partial charge in [-0.25, -0.2) is 0 Å². The van der Waals surface area contributed by atoms with E-state index in [-0.39, 0.29) is 13.2 Å². The summed E-state index contributed by atoms with van der Waals surface area (Å²) in [5.41, 5.74) is 0. The van der Waals surface area contributed by atoms with Crippen molar-refractivity contribution in [1.29, 1.82) is 0 Å². The van der Waals surface area contributed by atoms with Gasteiger partial charge in [0.15, 0.2) is 5.78 Å². The molecule has 3 atom stereocenters. The highest BCUT2D eigenvalue weighted by atomic mass is 19.4. The Morgan fingerprint density at radius 3 is 2.14 bits per heavy atom. The van der Waals surface area contributed by atoms with Crippen LogP contribution in [0.25, 0.3) is 0 Å². The Labute approximate surface area is 119 Å². The first kappa shape index (κ1) is 17.2. The lowest BCUT2D eigenvalue weighted by Gasteiger charge is -2.31. The van der Waals surface area contributed by atoms with Gasteiger partial charge in [0.05, 0.1) is 25.0 Å². The molecule has 118 valence electrons. The number of carbonyl (C=O) groups is 3. The van der Waals surface area contributed by atoms with E-state index < -0.39 is 41.7 Å². The first-order chi connectivity index (χ1) is 9.73. The molecule has 1 aliphatic rings. The smallest absolute Gasteiger partial charge is 0.399 e. The number of ketones is 1. The summed E-state index contributed by atoms with van der Waals surface area (Å²) in [5.74, 6) is -9.56. The Morgan fingerprint density at radius 1 is 1.14 bits per heavy atom. The van der Waals surface area contributed by atoms with Crippen molar-refractivity contribution < 1.29 is 37.0 Å². The van der Waals surface area contributed by atoms with Crippen LogP contribution < -0.4 is 0 Å². The molecule has 0 aromatic rings. The number of allylic oxidation sites excluding steroid dienone is 1. The van der Waals surface area contributed by atoms with Gasteiger partial charge in [-0.1, -0.05) is 6.08 Å². The van der Waals surface area contributed by atoms with Gasteiger partial charge in [0, 0.05) is 0 Å². The number of ether oxygens (including phenoxy) is 2. The van der Waals surface area contributed by atoms with Crippen LogP contribution in [0, 0.1) is 17.8 Å². The third-order valence-electron chi connectivity index (χ3n) is 2.99. The standard InChI is InChI=1S/C13H15F3O5/c1-3-20-11(18)7-5-6-8(17)10(13(14,15)16)9(7)12(19)21-4-2/h5-7,9-10H,3-4H2,1-2H3. The Balaban J connectivity index is 3.23. The van der Waals surface area contributed by atoms with E-state index in [1.807, 2.05) is 0 Å². The zero-order valence-electron chi connectivity index (χ0n) is 11.5. The van der Waals surface area contributed by atoms with Gasteiger partial charge in [-0.05, 0) is 19.9 Å². The fourth-order valence-electron chi connectivity index (χ4n) is 2.16. The van der Waals surface area contributed by atoms with E-state index in [2.05, 4.69) is 9.47 Å². The summed E-state index contributed by atoms with van der Waals surface area (Å²) in [6.07, 6.45) is -3.33. The average Bonchev–Trinajstić information content (AvgIpc) is 2.37. The molecule has 1 rings (SSSR count). The van der Waals surface area contributed by atoms with Crippen LogP contribution in [0.5, 0.6) is 0 Å². The summed E-state index contributed by atoms with van der Waals surface area (Å²) in [4.78, 5) is 35.1. The van der Waals surface area contributed by atoms with E-state index in [4.69, 9.17) is 0 Å². The highest BCUT2D eigenvalue weighted by Gasteiger charge is 2.57. The summed E-state index contributed by atoms with van der Waals surface area (Å²) in [6, 6.07) is 0. The monoisotopic (exact) mass is 308 g/mol. The van der Waals surface area contributed by atoms with Crippen molar-refractivity contribution in [2.45, 2.75) is 20.0 Å². The number of carbonyl (C=O) groups excluding carboxylic acids is 3. The Hall–Kier alpha value is -1.86. The van der Waals surface area contributed by atoms with Crippen molar-refractivity contribution in [3.8, 4) is 0 Å². The third kappa shape index (κ3) is 3.83. The molecule has 0 radical (unpaired) electrons. The van der Waals surface area contributed by atoms with E-state index in [1.54, 1.807) is 0 Å². The van der Waals surface area contributed by atoms with Gasteiger partial charge in [-0.3, -0.25) is 14.4 Å². The van der Waals surface area contributed by atoms with Gasteiger partial charge >= 0.3 is 18.1 Å². The van der Waals surface area contributed by atoms with E-state index in [9.17, 15) is 27.6 Å². The maximum Gasteiger partial charge on any atom is 0.399 e. The molecule has 3 unspecified atom stereocenters. The van der Waals surface area contributed by atoms with Crippen LogP contribution in [-0.4, -0.2) is 37.1 Å². The molecule has 21 heavy (non-hydrogen) atoms. The van der Waals surface area contributed by atoms with Crippen LogP contribution in [0.3, 0.4) is 0 Å². The van der Waals surface area contributed by atoms with Gasteiger partial charge in [0.2, 0.25) is 0 Å². The molecule has 0 spiro atoms. The van der Waals surface area contributed by atoms with Crippen LogP contribution in [0.15, 0.2) is 12.2 Å². The van der Waals surface area contributed by atoms with Crippen molar-refractivity contribution in [3.63, 3.8) is 0 Å². The van der Waals surface area contributed by atoms with E-state index in [1.165, 1.54) is 13.8 Å². The largest absolute Gasteiger partial charge is 0.466 e. The Morgan fingerprint density at radius 2 is 1.67 bits per heavy atom. The molecule has 0 fully saturated rings. The normalized spacial score (nSPS) is 25.6. The number of halogens is 3. The molecule has 0 heterocycles. The first-order valence-corrected chi connectivity index (χ1v) is 6.36. The van der Waals surface area contributed by atoms with Gasteiger partial charge < -0.3 is 9.47 Å². The summed E-state index contributed by atoms with van der Waals surface area (Å²) in [5, 5.41) is 0. The number of hydrogen-bond acceptors (Lipinski definition) is 5. The van der Waals surface area contributed by atoms with Crippen molar-refractivity contribution in [2.24, 2.45) is 17.8 Å². The molecule has 0 aliphatic heterocycles. The average molecular weight is 308 g/mol. The number of rotatable bonds is 4. The quantitative estimate of drug-likeness (QED) is 0.739. The van der Waals surface area contributed by atoms with Gasteiger partial charge in [-0.15, -0.1) is 0 Å². The van der Waals surface area contributed by atoms with Crippen LogP contribution in [0.2, 0.25) is 0 Å². The number of alkyl halides is 3. The van der Waals surface area contributed by atoms with Crippen LogP contribution in [0.4, 0.5) is 13.2 Å². The number of esters is 2. The predicted molar refractivity (Wildman–Crippen MR) is 63.9 cm³/mol. The van der Waals surface area contributed by atoms with Crippen molar-refractivity contribution >= 4 is 17.7 Å². The van der Waals surface area contributed by atoms with Gasteiger partial charge in [0.1, 0.15) is 5.92 Å². The molecule has 0 N–H and O–H groups in total. The lowest BCUT2D eigenvalue weighted by molar-refractivity contribution is -0.203. The first-order valence-electron chi connectivity index (χ1n) is 6.36. The minimum absolute atomic E-state index is 0.0522. The molecule has 1 aliphatic carbocycles. The fraction of sp³-hybridized carbons (Fsp3) is 0.615. The summed E-state index contributed by atoms with van der Waals surface area (Å²) in [6.45, 7) is 2.69. The minimum Gasteiger partial charge on any atom is -0.466 e. The summed E-state index contributed by atoms with van der Waals surface area (Å²) >= 11 is 0. The predicted octanol–water partition coefficient (Wildman–Crippen LogP) is 1.66. The maximum atomic E-state index is 13.1. The van der Waals surface area contributed by atoms with Gasteiger partial charge in [0.25, 0.3) is 0 Å². The molecule has 5 nitrogen and oxygen atoms in total. The molecule has 0 saturated carbocycles.